The second-order valence-corrected chi connectivity index (χ2v) is 7.80. The number of hydrogen-bond acceptors (Lipinski definition) is 5. The van der Waals surface area contributed by atoms with Gasteiger partial charge in [0.1, 0.15) is 5.69 Å². The summed E-state index contributed by atoms with van der Waals surface area (Å²) in [4.78, 5) is 32.3. The van der Waals surface area contributed by atoms with Gasteiger partial charge in [0.25, 0.3) is 5.91 Å². The summed E-state index contributed by atoms with van der Waals surface area (Å²) in [5.41, 5.74) is 2.14. The first kappa shape index (κ1) is 23.6. The molecule has 0 radical (unpaired) electrons. The fraction of sp³-hybridized carbons (Fsp3) is 0.143. The SMILES string of the molecule is COc1ncc(Cl)cc1-c1cc(CNC(=O)O)cc(C(=O)NCc2ccc(Cl)c(Cl)c2)n1. The molecule has 2 heterocycles. The molecule has 0 spiro atoms. The van der Waals surface area contributed by atoms with Crippen LogP contribution in [0, 0.1) is 0 Å². The zero-order valence-electron chi connectivity index (χ0n) is 16.7. The van der Waals surface area contributed by atoms with E-state index in [0.29, 0.717) is 31.9 Å². The normalized spacial score (nSPS) is 10.5. The summed E-state index contributed by atoms with van der Waals surface area (Å²) in [6.45, 7) is 0.153. The Morgan fingerprint density at radius 2 is 1.75 bits per heavy atom. The summed E-state index contributed by atoms with van der Waals surface area (Å²) >= 11 is 18.0. The first-order valence-corrected chi connectivity index (χ1v) is 10.3. The number of benzene rings is 1. The predicted octanol–water partition coefficient (Wildman–Crippen LogP) is 4.81. The lowest BCUT2D eigenvalue weighted by atomic mass is 10.1. The molecular formula is C21H17Cl3N4O4. The highest BCUT2D eigenvalue weighted by Gasteiger charge is 2.16. The second-order valence-electron chi connectivity index (χ2n) is 6.55. The number of methoxy groups -OCH3 is 1. The molecule has 0 unspecified atom stereocenters. The lowest BCUT2D eigenvalue weighted by Crippen LogP contribution is -2.25. The van der Waals surface area contributed by atoms with Crippen LogP contribution in [0.15, 0.2) is 42.6 Å². The number of halogens is 3. The number of amides is 2. The average molecular weight is 496 g/mol. The highest BCUT2D eigenvalue weighted by molar-refractivity contribution is 6.42. The molecule has 11 heteroatoms. The minimum Gasteiger partial charge on any atom is -0.481 e. The molecule has 0 saturated carbocycles. The van der Waals surface area contributed by atoms with Gasteiger partial charge in [-0.25, -0.2) is 14.8 Å². The third kappa shape index (κ3) is 6.00. The molecular weight excluding hydrogens is 479 g/mol. The fourth-order valence-electron chi connectivity index (χ4n) is 2.82. The van der Waals surface area contributed by atoms with E-state index < -0.39 is 12.0 Å². The van der Waals surface area contributed by atoms with Crippen molar-refractivity contribution in [2.45, 2.75) is 13.1 Å². The lowest BCUT2D eigenvalue weighted by molar-refractivity contribution is 0.0946. The van der Waals surface area contributed by atoms with E-state index in [0.717, 1.165) is 5.56 Å². The van der Waals surface area contributed by atoms with Crippen LogP contribution in [0.2, 0.25) is 15.1 Å². The lowest BCUT2D eigenvalue weighted by Gasteiger charge is -2.12. The van der Waals surface area contributed by atoms with Gasteiger partial charge in [-0.05, 0) is 41.5 Å². The molecule has 0 aliphatic carbocycles. The molecule has 0 bridgehead atoms. The largest absolute Gasteiger partial charge is 0.481 e. The number of ether oxygens (including phenoxy) is 1. The van der Waals surface area contributed by atoms with Crippen LogP contribution in [0.1, 0.15) is 21.6 Å². The van der Waals surface area contributed by atoms with Gasteiger partial charge in [-0.15, -0.1) is 0 Å². The summed E-state index contributed by atoms with van der Waals surface area (Å²) in [7, 11) is 1.44. The summed E-state index contributed by atoms with van der Waals surface area (Å²) < 4.78 is 5.28. The van der Waals surface area contributed by atoms with Gasteiger partial charge in [-0.1, -0.05) is 40.9 Å². The molecule has 3 N–H and O–H groups in total. The van der Waals surface area contributed by atoms with Gasteiger partial charge < -0.3 is 20.5 Å². The summed E-state index contributed by atoms with van der Waals surface area (Å²) in [5, 5.41) is 15.1. The molecule has 1 aromatic carbocycles. The maximum Gasteiger partial charge on any atom is 0.404 e. The Labute approximate surface area is 198 Å². The van der Waals surface area contributed by atoms with Crippen LogP contribution in [0.25, 0.3) is 11.3 Å². The van der Waals surface area contributed by atoms with E-state index in [1.807, 2.05) is 0 Å². The van der Waals surface area contributed by atoms with Crippen molar-refractivity contribution in [2.24, 2.45) is 0 Å². The van der Waals surface area contributed by atoms with Gasteiger partial charge in [0.05, 0.1) is 33.4 Å². The fourth-order valence-corrected chi connectivity index (χ4v) is 3.30. The molecule has 0 aliphatic rings. The molecule has 0 atom stereocenters. The Morgan fingerprint density at radius 1 is 1.00 bits per heavy atom. The standard InChI is InChI=1S/C21H17Cl3N4O4/c1-32-20-14(7-13(22)10-26-20)17-5-12(9-27-21(30)31)6-18(28-17)19(29)25-8-11-2-3-15(23)16(24)4-11/h2-7,10,27H,8-9H2,1H3,(H,25,29)(H,30,31). The topological polar surface area (TPSA) is 113 Å². The van der Waals surface area contributed by atoms with E-state index >= 15 is 0 Å². The molecule has 0 saturated heterocycles. The Hall–Kier alpha value is -3.07. The number of aromatic nitrogens is 2. The van der Waals surface area contributed by atoms with E-state index in [4.69, 9.17) is 44.6 Å². The maximum atomic E-state index is 12.8. The van der Waals surface area contributed by atoms with E-state index in [-0.39, 0.29) is 24.7 Å². The van der Waals surface area contributed by atoms with Crippen molar-refractivity contribution in [1.29, 1.82) is 0 Å². The minimum atomic E-state index is -1.20. The molecule has 0 aliphatic heterocycles. The van der Waals surface area contributed by atoms with Crippen molar-refractivity contribution < 1.29 is 19.4 Å². The molecule has 3 rings (SSSR count). The molecule has 32 heavy (non-hydrogen) atoms. The monoisotopic (exact) mass is 494 g/mol. The molecule has 166 valence electrons. The Morgan fingerprint density at radius 3 is 2.44 bits per heavy atom. The van der Waals surface area contributed by atoms with E-state index in [2.05, 4.69) is 20.6 Å². The van der Waals surface area contributed by atoms with Gasteiger partial charge in [0, 0.05) is 19.3 Å². The first-order chi connectivity index (χ1) is 15.3. The predicted molar refractivity (Wildman–Crippen MR) is 122 cm³/mol. The number of carbonyl (C=O) groups excluding carboxylic acids is 1. The number of carbonyl (C=O) groups is 2. The Bertz CT molecular complexity index is 1170. The van der Waals surface area contributed by atoms with Gasteiger partial charge in [-0.2, -0.15) is 0 Å². The van der Waals surface area contributed by atoms with Gasteiger partial charge in [-0.3, -0.25) is 4.79 Å². The summed E-state index contributed by atoms with van der Waals surface area (Å²) in [5.74, 6) is -0.212. The maximum absolute atomic E-state index is 12.8. The van der Waals surface area contributed by atoms with E-state index in [1.54, 1.807) is 30.3 Å². The van der Waals surface area contributed by atoms with Crippen LogP contribution in [0.3, 0.4) is 0 Å². The van der Waals surface area contributed by atoms with Crippen LogP contribution >= 0.6 is 34.8 Å². The number of carboxylic acid groups (broad SMARTS) is 1. The van der Waals surface area contributed by atoms with Crippen LogP contribution in [0.4, 0.5) is 4.79 Å². The van der Waals surface area contributed by atoms with Crippen molar-refractivity contribution >= 4 is 46.8 Å². The zero-order valence-corrected chi connectivity index (χ0v) is 18.9. The van der Waals surface area contributed by atoms with Crippen LogP contribution < -0.4 is 15.4 Å². The van der Waals surface area contributed by atoms with Gasteiger partial charge in [0.15, 0.2) is 0 Å². The van der Waals surface area contributed by atoms with Crippen LogP contribution in [-0.2, 0) is 13.1 Å². The molecule has 8 nitrogen and oxygen atoms in total. The molecule has 3 aromatic rings. The van der Waals surface area contributed by atoms with Crippen molar-refractivity contribution in [3.8, 4) is 17.1 Å². The Balaban J connectivity index is 1.93. The third-order valence-electron chi connectivity index (χ3n) is 4.29. The average Bonchev–Trinajstić information content (AvgIpc) is 2.78. The number of rotatable bonds is 7. The van der Waals surface area contributed by atoms with Crippen molar-refractivity contribution in [3.05, 3.63) is 74.5 Å². The number of nitrogens with one attached hydrogen (secondary N) is 2. The van der Waals surface area contributed by atoms with Gasteiger partial charge in [0.2, 0.25) is 5.88 Å². The minimum absolute atomic E-state index is 0.0335. The zero-order chi connectivity index (χ0) is 23.3. The highest BCUT2D eigenvalue weighted by atomic mass is 35.5. The Kier molecular flexibility index (Phi) is 7.74. The van der Waals surface area contributed by atoms with E-state index in [9.17, 15) is 9.59 Å². The quantitative estimate of drug-likeness (QED) is 0.433. The third-order valence-corrected chi connectivity index (χ3v) is 5.23. The summed E-state index contributed by atoms with van der Waals surface area (Å²) in [6, 6.07) is 9.75. The molecule has 2 aromatic heterocycles. The number of hydrogen-bond donors (Lipinski definition) is 3. The van der Waals surface area contributed by atoms with Crippen LogP contribution in [0.5, 0.6) is 5.88 Å². The molecule has 2 amide bonds. The number of nitrogens with zero attached hydrogens (tertiary/aromatic N) is 2. The number of pyridine rings is 2. The summed E-state index contributed by atoms with van der Waals surface area (Å²) in [6.07, 6.45) is 0.223. The highest BCUT2D eigenvalue weighted by Crippen LogP contribution is 2.30. The van der Waals surface area contributed by atoms with Crippen molar-refractivity contribution in [2.75, 3.05) is 7.11 Å². The first-order valence-electron chi connectivity index (χ1n) is 9.16. The second kappa shape index (κ2) is 10.5. The van der Waals surface area contributed by atoms with E-state index in [1.165, 1.54) is 19.4 Å². The van der Waals surface area contributed by atoms with Gasteiger partial charge >= 0.3 is 6.09 Å². The van der Waals surface area contributed by atoms with Crippen molar-refractivity contribution in [3.63, 3.8) is 0 Å². The molecule has 0 fully saturated rings. The smallest absolute Gasteiger partial charge is 0.404 e. The van der Waals surface area contributed by atoms with Crippen LogP contribution in [-0.4, -0.2) is 34.2 Å². The van der Waals surface area contributed by atoms with Crippen molar-refractivity contribution in [1.82, 2.24) is 20.6 Å².